The first kappa shape index (κ1) is 16.6. The van der Waals surface area contributed by atoms with E-state index in [1.807, 2.05) is 38.1 Å². The maximum absolute atomic E-state index is 12.3. The van der Waals surface area contributed by atoms with Crippen LogP contribution in [0.5, 0.6) is 0 Å². The van der Waals surface area contributed by atoms with Crippen LogP contribution >= 0.6 is 15.9 Å². The Kier molecular flexibility index (Phi) is 4.66. The number of amides is 3. The molecule has 1 saturated heterocycles. The van der Waals surface area contributed by atoms with E-state index >= 15 is 0 Å². The number of halogens is 1. The van der Waals surface area contributed by atoms with Crippen LogP contribution in [0.3, 0.4) is 0 Å². The number of rotatable bonds is 5. The number of carbonyl (C=O) groups is 2. The van der Waals surface area contributed by atoms with E-state index in [9.17, 15) is 9.59 Å². The van der Waals surface area contributed by atoms with Crippen molar-refractivity contribution in [3.63, 3.8) is 0 Å². The fourth-order valence-corrected chi connectivity index (χ4v) is 2.78. The molecule has 1 aliphatic heterocycles. The molecule has 1 fully saturated rings. The molecule has 2 aromatic rings. The van der Waals surface area contributed by atoms with Crippen LogP contribution in [0.25, 0.3) is 11.5 Å². The van der Waals surface area contributed by atoms with E-state index in [0.29, 0.717) is 18.2 Å². The van der Waals surface area contributed by atoms with Crippen LogP contribution in [0, 0.1) is 5.92 Å². The molecule has 1 N–H and O–H groups in total. The van der Waals surface area contributed by atoms with Crippen LogP contribution in [0.2, 0.25) is 0 Å². The van der Waals surface area contributed by atoms with Gasteiger partial charge in [-0.15, -0.1) is 10.2 Å². The van der Waals surface area contributed by atoms with Gasteiger partial charge in [0.15, 0.2) is 0 Å². The minimum Gasteiger partial charge on any atom is -0.419 e. The molecule has 1 aromatic heterocycles. The lowest BCUT2D eigenvalue weighted by atomic mass is 10.0. The Hall–Kier alpha value is -2.22. The Morgan fingerprint density at radius 2 is 1.96 bits per heavy atom. The molecule has 3 amide bonds. The zero-order valence-electron chi connectivity index (χ0n) is 13.3. The fraction of sp³-hybridized carbons (Fsp3) is 0.375. The molecule has 0 radical (unpaired) electrons. The third-order valence-electron chi connectivity index (χ3n) is 3.67. The number of imide groups is 1. The zero-order valence-corrected chi connectivity index (χ0v) is 14.9. The molecule has 3 rings (SSSR count). The smallest absolute Gasteiger partial charge is 0.325 e. The highest BCUT2D eigenvalue weighted by molar-refractivity contribution is 9.10. The predicted octanol–water partition coefficient (Wildman–Crippen LogP) is 2.97. The average molecular weight is 393 g/mol. The number of urea groups is 1. The quantitative estimate of drug-likeness (QED) is 0.790. The maximum atomic E-state index is 12.3. The van der Waals surface area contributed by atoms with Crippen molar-refractivity contribution in [2.75, 3.05) is 0 Å². The van der Waals surface area contributed by atoms with Gasteiger partial charge in [-0.2, -0.15) is 0 Å². The summed E-state index contributed by atoms with van der Waals surface area (Å²) in [5, 5.41) is 10.6. The lowest BCUT2D eigenvalue weighted by Crippen LogP contribution is -2.31. The first-order chi connectivity index (χ1) is 11.4. The third-order valence-corrected chi connectivity index (χ3v) is 4.19. The van der Waals surface area contributed by atoms with E-state index in [4.69, 9.17) is 4.42 Å². The van der Waals surface area contributed by atoms with Crippen LogP contribution in [0.4, 0.5) is 4.79 Å². The van der Waals surface area contributed by atoms with E-state index in [1.54, 1.807) is 0 Å². The highest BCUT2D eigenvalue weighted by Gasteiger charge is 2.38. The van der Waals surface area contributed by atoms with Gasteiger partial charge in [0.1, 0.15) is 12.6 Å². The van der Waals surface area contributed by atoms with E-state index in [2.05, 4.69) is 31.4 Å². The van der Waals surface area contributed by atoms with Crippen molar-refractivity contribution >= 4 is 27.9 Å². The van der Waals surface area contributed by atoms with Crippen molar-refractivity contribution in [2.24, 2.45) is 5.92 Å². The van der Waals surface area contributed by atoms with Crippen molar-refractivity contribution in [2.45, 2.75) is 32.9 Å². The molecule has 1 unspecified atom stereocenters. The summed E-state index contributed by atoms with van der Waals surface area (Å²) < 4.78 is 6.52. The van der Waals surface area contributed by atoms with Crippen molar-refractivity contribution < 1.29 is 14.0 Å². The maximum Gasteiger partial charge on any atom is 0.325 e. The van der Waals surface area contributed by atoms with Gasteiger partial charge in [0.2, 0.25) is 11.8 Å². The highest BCUT2D eigenvalue weighted by atomic mass is 79.9. The molecular formula is C16H17BrN4O3. The Bertz CT molecular complexity index is 757. The van der Waals surface area contributed by atoms with Crippen molar-refractivity contribution in [3.8, 4) is 11.5 Å². The number of carbonyl (C=O) groups excluding carboxylic acids is 2. The molecule has 0 aliphatic carbocycles. The van der Waals surface area contributed by atoms with Crippen LogP contribution < -0.4 is 5.32 Å². The molecular weight excluding hydrogens is 376 g/mol. The van der Waals surface area contributed by atoms with Gasteiger partial charge in [-0.3, -0.25) is 9.69 Å². The summed E-state index contributed by atoms with van der Waals surface area (Å²) >= 11 is 3.36. The molecule has 24 heavy (non-hydrogen) atoms. The second-order valence-electron chi connectivity index (χ2n) is 6.06. The SMILES string of the molecule is CC(C)CC1NC(=O)N(Cc2nnc(-c3ccc(Br)cc3)o2)C1=O. The van der Waals surface area contributed by atoms with Crippen molar-refractivity contribution in [3.05, 3.63) is 34.6 Å². The summed E-state index contributed by atoms with van der Waals surface area (Å²) in [6.07, 6.45) is 0.606. The molecule has 1 aliphatic rings. The molecule has 0 bridgehead atoms. The van der Waals surface area contributed by atoms with E-state index in [1.165, 1.54) is 0 Å². The lowest BCUT2D eigenvalue weighted by Gasteiger charge is -2.11. The number of aromatic nitrogens is 2. The number of hydrogen-bond acceptors (Lipinski definition) is 5. The van der Waals surface area contributed by atoms with Crippen LogP contribution in [0.1, 0.15) is 26.2 Å². The lowest BCUT2D eigenvalue weighted by molar-refractivity contribution is -0.128. The van der Waals surface area contributed by atoms with Gasteiger partial charge < -0.3 is 9.73 Å². The fourth-order valence-electron chi connectivity index (χ4n) is 2.52. The second-order valence-corrected chi connectivity index (χ2v) is 6.98. The molecule has 1 atom stereocenters. The van der Waals surface area contributed by atoms with Gasteiger partial charge in [0.05, 0.1) is 0 Å². The first-order valence-electron chi connectivity index (χ1n) is 7.64. The van der Waals surface area contributed by atoms with Crippen molar-refractivity contribution in [1.29, 1.82) is 0 Å². The number of hydrogen-bond donors (Lipinski definition) is 1. The largest absolute Gasteiger partial charge is 0.419 e. The Morgan fingerprint density at radius 3 is 2.62 bits per heavy atom. The topological polar surface area (TPSA) is 88.3 Å². The summed E-state index contributed by atoms with van der Waals surface area (Å²) in [7, 11) is 0. The van der Waals surface area contributed by atoms with E-state index < -0.39 is 12.1 Å². The number of nitrogens with zero attached hydrogens (tertiary/aromatic N) is 3. The Balaban J connectivity index is 1.71. The Labute approximate surface area is 147 Å². The van der Waals surface area contributed by atoms with E-state index in [-0.39, 0.29) is 18.3 Å². The summed E-state index contributed by atoms with van der Waals surface area (Å²) in [4.78, 5) is 25.4. The third kappa shape index (κ3) is 3.48. The van der Waals surface area contributed by atoms with Crippen LogP contribution in [0.15, 0.2) is 33.2 Å². The normalized spacial score (nSPS) is 17.7. The van der Waals surface area contributed by atoms with Gasteiger partial charge in [-0.1, -0.05) is 29.8 Å². The van der Waals surface area contributed by atoms with Crippen LogP contribution in [-0.2, 0) is 11.3 Å². The number of benzene rings is 1. The van der Waals surface area contributed by atoms with E-state index in [0.717, 1.165) is 14.9 Å². The molecule has 1 aromatic carbocycles. The monoisotopic (exact) mass is 392 g/mol. The second kappa shape index (κ2) is 6.72. The van der Waals surface area contributed by atoms with Gasteiger partial charge in [-0.25, -0.2) is 4.79 Å². The summed E-state index contributed by atoms with van der Waals surface area (Å²) in [6, 6.07) is 6.52. The highest BCUT2D eigenvalue weighted by Crippen LogP contribution is 2.22. The summed E-state index contributed by atoms with van der Waals surface area (Å²) in [6.45, 7) is 3.98. The summed E-state index contributed by atoms with van der Waals surface area (Å²) in [5.74, 6) is 0.633. The molecule has 0 saturated carbocycles. The predicted molar refractivity (Wildman–Crippen MR) is 89.8 cm³/mol. The standard InChI is InChI=1S/C16H17BrN4O3/c1-9(2)7-12-15(22)21(16(23)18-12)8-13-19-20-14(24-13)10-3-5-11(17)6-4-10/h3-6,9,12H,7-8H2,1-2H3,(H,18,23). The van der Waals surface area contributed by atoms with Gasteiger partial charge in [0, 0.05) is 10.0 Å². The Morgan fingerprint density at radius 1 is 1.25 bits per heavy atom. The van der Waals surface area contributed by atoms with Crippen molar-refractivity contribution in [1.82, 2.24) is 20.4 Å². The van der Waals surface area contributed by atoms with Gasteiger partial charge in [-0.05, 0) is 36.6 Å². The molecule has 126 valence electrons. The first-order valence-corrected chi connectivity index (χ1v) is 8.43. The average Bonchev–Trinajstić information content (AvgIpc) is 3.09. The number of nitrogens with one attached hydrogen (secondary N) is 1. The molecule has 2 heterocycles. The molecule has 0 spiro atoms. The summed E-state index contributed by atoms with van der Waals surface area (Å²) in [5.41, 5.74) is 0.770. The van der Waals surface area contributed by atoms with Gasteiger partial charge >= 0.3 is 6.03 Å². The molecule has 8 heteroatoms. The molecule has 7 nitrogen and oxygen atoms in total. The van der Waals surface area contributed by atoms with Crippen LogP contribution in [-0.4, -0.2) is 33.1 Å². The minimum atomic E-state index is -0.480. The minimum absolute atomic E-state index is 0.0250. The zero-order chi connectivity index (χ0) is 17.3. The van der Waals surface area contributed by atoms with Gasteiger partial charge in [0.25, 0.3) is 5.91 Å².